The minimum absolute atomic E-state index is 0.0123. The summed E-state index contributed by atoms with van der Waals surface area (Å²) in [6.07, 6.45) is 0. The Labute approximate surface area is 171 Å². The predicted molar refractivity (Wildman–Crippen MR) is 108 cm³/mol. The number of aromatic carboxylic acids is 1. The van der Waals surface area contributed by atoms with Gasteiger partial charge >= 0.3 is 5.97 Å². The van der Waals surface area contributed by atoms with E-state index in [2.05, 4.69) is 5.32 Å². The number of fused-ring (bicyclic) bond motifs is 3. The number of hydrogen-bond acceptors (Lipinski definition) is 4. The quantitative estimate of drug-likeness (QED) is 0.666. The maximum Gasteiger partial charge on any atom is 0.335 e. The Hall–Kier alpha value is -3.72. The summed E-state index contributed by atoms with van der Waals surface area (Å²) >= 11 is 0. The fourth-order valence-corrected chi connectivity index (χ4v) is 4.95. The van der Waals surface area contributed by atoms with Crippen LogP contribution >= 0.6 is 0 Å². The lowest BCUT2D eigenvalue weighted by atomic mass is 10.0. The number of hydrogen-bond donors (Lipinski definition) is 2. The zero-order valence-corrected chi connectivity index (χ0v) is 16.2. The number of benzene rings is 3. The number of rotatable bonds is 4. The van der Waals surface area contributed by atoms with E-state index in [1.54, 1.807) is 18.2 Å². The standard InChI is InChI=1S/C21H15FN2O5S/c22-14-7-10-18-17(11-14)16-3-1-2-4-19(16)30(28,29)24(18)12-20(25)23-15-8-5-13(6-9-15)21(26)27/h1-11H,12H2,(H,23,25)(H,26,27). The van der Waals surface area contributed by atoms with Crippen molar-refractivity contribution in [1.29, 1.82) is 0 Å². The number of nitrogens with one attached hydrogen (secondary N) is 1. The highest BCUT2D eigenvalue weighted by Gasteiger charge is 2.36. The van der Waals surface area contributed by atoms with Gasteiger partial charge in [0.05, 0.1) is 16.1 Å². The number of halogens is 1. The third-order valence-corrected chi connectivity index (χ3v) is 6.49. The number of carboxylic acid groups (broad SMARTS) is 1. The lowest BCUT2D eigenvalue weighted by Gasteiger charge is -2.31. The summed E-state index contributed by atoms with van der Waals surface area (Å²) in [5, 5.41) is 11.5. The molecule has 30 heavy (non-hydrogen) atoms. The van der Waals surface area contributed by atoms with Crippen molar-refractivity contribution in [3.63, 3.8) is 0 Å². The van der Waals surface area contributed by atoms with Gasteiger partial charge in [-0.15, -0.1) is 0 Å². The first-order valence-electron chi connectivity index (χ1n) is 8.82. The summed E-state index contributed by atoms with van der Waals surface area (Å²) < 4.78 is 41.1. The van der Waals surface area contributed by atoms with Crippen LogP contribution in [-0.2, 0) is 14.8 Å². The molecule has 0 saturated heterocycles. The van der Waals surface area contributed by atoms with E-state index in [-0.39, 0.29) is 16.1 Å². The Bertz CT molecular complexity index is 1270. The fourth-order valence-electron chi connectivity index (χ4n) is 3.30. The molecule has 0 radical (unpaired) electrons. The van der Waals surface area contributed by atoms with Crippen molar-refractivity contribution in [2.24, 2.45) is 0 Å². The van der Waals surface area contributed by atoms with Gasteiger partial charge in [-0.3, -0.25) is 9.10 Å². The lowest BCUT2D eigenvalue weighted by Crippen LogP contribution is -2.40. The van der Waals surface area contributed by atoms with Crippen LogP contribution in [0.25, 0.3) is 11.1 Å². The van der Waals surface area contributed by atoms with Gasteiger partial charge < -0.3 is 10.4 Å². The highest BCUT2D eigenvalue weighted by molar-refractivity contribution is 7.93. The Morgan fingerprint density at radius 1 is 0.967 bits per heavy atom. The number of anilines is 2. The van der Waals surface area contributed by atoms with Crippen LogP contribution in [0.5, 0.6) is 0 Å². The van der Waals surface area contributed by atoms with E-state index in [0.29, 0.717) is 16.8 Å². The number of carbonyl (C=O) groups is 2. The number of carbonyl (C=O) groups excluding carboxylic acids is 1. The van der Waals surface area contributed by atoms with E-state index in [1.807, 2.05) is 0 Å². The summed E-state index contributed by atoms with van der Waals surface area (Å²) in [4.78, 5) is 23.5. The molecule has 1 amide bonds. The van der Waals surface area contributed by atoms with Crippen LogP contribution in [-0.4, -0.2) is 31.9 Å². The Morgan fingerprint density at radius 2 is 1.67 bits per heavy atom. The maximum atomic E-state index is 13.9. The molecule has 0 saturated carbocycles. The first-order chi connectivity index (χ1) is 14.3. The molecular weight excluding hydrogens is 411 g/mol. The van der Waals surface area contributed by atoms with Crippen molar-refractivity contribution in [3.05, 3.63) is 78.1 Å². The van der Waals surface area contributed by atoms with Gasteiger partial charge in [-0.05, 0) is 48.5 Å². The van der Waals surface area contributed by atoms with Crippen LogP contribution in [0, 0.1) is 5.82 Å². The lowest BCUT2D eigenvalue weighted by molar-refractivity contribution is -0.114. The first kappa shape index (κ1) is 19.6. The minimum Gasteiger partial charge on any atom is -0.478 e. The van der Waals surface area contributed by atoms with E-state index < -0.39 is 34.3 Å². The second-order valence-corrected chi connectivity index (χ2v) is 8.43. The van der Waals surface area contributed by atoms with Crippen LogP contribution in [0.3, 0.4) is 0 Å². The van der Waals surface area contributed by atoms with Gasteiger partial charge in [0.1, 0.15) is 12.4 Å². The van der Waals surface area contributed by atoms with Crippen molar-refractivity contribution in [3.8, 4) is 11.1 Å². The van der Waals surface area contributed by atoms with E-state index in [9.17, 15) is 22.4 Å². The Kier molecular flexibility index (Phi) is 4.75. The maximum absolute atomic E-state index is 13.9. The van der Waals surface area contributed by atoms with Crippen LogP contribution < -0.4 is 9.62 Å². The molecule has 4 rings (SSSR count). The first-order valence-corrected chi connectivity index (χ1v) is 10.3. The second-order valence-electron chi connectivity index (χ2n) is 6.60. The van der Waals surface area contributed by atoms with E-state index in [1.165, 1.54) is 42.5 Å². The van der Waals surface area contributed by atoms with Crippen LogP contribution in [0.15, 0.2) is 71.6 Å². The van der Waals surface area contributed by atoms with Crippen molar-refractivity contribution < 1.29 is 27.5 Å². The second kappa shape index (κ2) is 7.27. The van der Waals surface area contributed by atoms with Gasteiger partial charge in [-0.2, -0.15) is 0 Å². The Morgan fingerprint density at radius 3 is 2.37 bits per heavy atom. The van der Waals surface area contributed by atoms with Gasteiger partial charge in [0, 0.05) is 16.8 Å². The molecule has 2 N–H and O–H groups in total. The predicted octanol–water partition coefficient (Wildman–Crippen LogP) is 3.34. The van der Waals surface area contributed by atoms with Crippen molar-refractivity contribution in [1.82, 2.24) is 0 Å². The summed E-state index contributed by atoms with van der Waals surface area (Å²) in [6.45, 7) is -0.532. The van der Waals surface area contributed by atoms with Crippen molar-refractivity contribution in [2.75, 3.05) is 16.2 Å². The molecule has 0 aliphatic carbocycles. The molecule has 3 aromatic rings. The number of carboxylic acids is 1. The number of sulfonamides is 1. The molecule has 0 aromatic heterocycles. The van der Waals surface area contributed by atoms with Gasteiger partial charge in [0.15, 0.2) is 0 Å². The topological polar surface area (TPSA) is 104 Å². The largest absolute Gasteiger partial charge is 0.478 e. The van der Waals surface area contributed by atoms with Gasteiger partial charge in [-0.1, -0.05) is 18.2 Å². The third kappa shape index (κ3) is 3.39. The van der Waals surface area contributed by atoms with Crippen molar-refractivity contribution >= 4 is 33.3 Å². The number of nitrogens with zero attached hydrogens (tertiary/aromatic N) is 1. The minimum atomic E-state index is -4.04. The van der Waals surface area contributed by atoms with Gasteiger partial charge in [0.25, 0.3) is 10.0 Å². The molecule has 1 aliphatic rings. The molecular formula is C21H15FN2O5S. The average molecular weight is 426 g/mol. The van der Waals surface area contributed by atoms with Crippen LogP contribution in [0.2, 0.25) is 0 Å². The molecule has 152 valence electrons. The molecule has 0 spiro atoms. The molecule has 1 heterocycles. The Balaban J connectivity index is 1.67. The number of amides is 1. The average Bonchev–Trinajstić information content (AvgIpc) is 2.72. The normalized spacial score (nSPS) is 13.8. The van der Waals surface area contributed by atoms with Gasteiger partial charge in [-0.25, -0.2) is 17.6 Å². The van der Waals surface area contributed by atoms with Crippen LogP contribution in [0.4, 0.5) is 15.8 Å². The molecule has 0 bridgehead atoms. The van der Waals surface area contributed by atoms with Crippen LogP contribution in [0.1, 0.15) is 10.4 Å². The third-order valence-electron chi connectivity index (χ3n) is 4.68. The molecule has 0 atom stereocenters. The zero-order chi connectivity index (χ0) is 21.5. The molecule has 0 fully saturated rings. The smallest absolute Gasteiger partial charge is 0.335 e. The summed E-state index contributed by atoms with van der Waals surface area (Å²) in [6, 6.07) is 15.4. The summed E-state index contributed by atoms with van der Waals surface area (Å²) in [5.74, 6) is -2.25. The van der Waals surface area contributed by atoms with E-state index >= 15 is 0 Å². The van der Waals surface area contributed by atoms with E-state index in [0.717, 1.165) is 10.4 Å². The monoisotopic (exact) mass is 426 g/mol. The molecule has 0 unspecified atom stereocenters. The summed E-state index contributed by atoms with van der Waals surface area (Å²) in [5.41, 5.74) is 1.32. The fraction of sp³-hybridized carbons (Fsp3) is 0.0476. The molecule has 9 heteroatoms. The molecule has 3 aromatic carbocycles. The molecule has 7 nitrogen and oxygen atoms in total. The highest BCUT2D eigenvalue weighted by Crippen LogP contribution is 2.43. The van der Waals surface area contributed by atoms with E-state index in [4.69, 9.17) is 5.11 Å². The SMILES string of the molecule is O=C(CN1c2ccc(F)cc2-c2ccccc2S1(=O)=O)Nc1ccc(C(=O)O)cc1. The molecule has 1 aliphatic heterocycles. The zero-order valence-electron chi connectivity index (χ0n) is 15.4. The summed E-state index contributed by atoms with van der Waals surface area (Å²) in [7, 11) is -4.04. The van der Waals surface area contributed by atoms with Gasteiger partial charge in [0.2, 0.25) is 5.91 Å². The van der Waals surface area contributed by atoms with Crippen molar-refractivity contribution in [2.45, 2.75) is 4.90 Å². The highest BCUT2D eigenvalue weighted by atomic mass is 32.2.